The lowest BCUT2D eigenvalue weighted by atomic mass is 10.0. The van der Waals surface area contributed by atoms with Crippen LogP contribution in [0.2, 0.25) is 0 Å². The minimum absolute atomic E-state index is 0.0460. The number of unbranched alkanes of at least 4 members (excludes halogenated alkanes) is 22. The zero-order valence-corrected chi connectivity index (χ0v) is 69.0. The van der Waals surface area contributed by atoms with Gasteiger partial charge in [0.2, 0.25) is 0 Å². The molecule has 0 aliphatic carbocycles. The second-order valence-electron chi connectivity index (χ2n) is 27.0. The van der Waals surface area contributed by atoms with Crippen LogP contribution in [-0.4, -0.2) is 96.7 Å². The van der Waals surface area contributed by atoms with Crippen LogP contribution in [0.1, 0.15) is 310 Å². The van der Waals surface area contributed by atoms with E-state index in [2.05, 4.69) is 167 Å². The third-order valence-electron chi connectivity index (χ3n) is 16.7. The molecule has 108 heavy (non-hydrogen) atoms. The minimum atomic E-state index is -5.02. The summed E-state index contributed by atoms with van der Waals surface area (Å²) in [4.78, 5) is 73.1. The molecule has 17 nitrogen and oxygen atoms in total. The molecule has 5 atom stereocenters. The lowest BCUT2D eigenvalue weighted by Crippen LogP contribution is -2.30. The van der Waals surface area contributed by atoms with Crippen molar-refractivity contribution in [1.82, 2.24) is 0 Å². The molecule has 0 saturated heterocycles. The smallest absolute Gasteiger partial charge is 0.462 e. The quantitative estimate of drug-likeness (QED) is 0.0169. The van der Waals surface area contributed by atoms with Gasteiger partial charge in [0.05, 0.1) is 26.4 Å². The number of rotatable bonds is 76. The molecule has 0 heterocycles. The molecule has 0 bridgehead atoms. The Morgan fingerprint density at radius 2 is 0.509 bits per heavy atom. The summed E-state index contributed by atoms with van der Waals surface area (Å²) in [7, 11) is -10.0. The maximum atomic E-state index is 13.1. The van der Waals surface area contributed by atoms with Gasteiger partial charge in [0.1, 0.15) is 19.3 Å². The number of carbonyl (C=O) groups is 4. The largest absolute Gasteiger partial charge is 0.472 e. The molecule has 0 aliphatic heterocycles. The Labute approximate surface area is 654 Å². The number of ether oxygens (including phenoxy) is 4. The second-order valence-corrected chi connectivity index (χ2v) is 29.9. The van der Waals surface area contributed by atoms with Crippen LogP contribution < -0.4 is 0 Å². The normalized spacial score (nSPS) is 14.7. The van der Waals surface area contributed by atoms with Crippen molar-refractivity contribution in [3.63, 3.8) is 0 Å². The monoisotopic (exact) mass is 1550 g/mol. The predicted molar refractivity (Wildman–Crippen MR) is 445 cm³/mol. The van der Waals surface area contributed by atoms with Gasteiger partial charge in [-0.15, -0.1) is 0 Å². The van der Waals surface area contributed by atoms with E-state index in [1.54, 1.807) is 0 Å². The Hall–Kier alpha value is -5.58. The van der Waals surface area contributed by atoms with Crippen molar-refractivity contribution in [2.45, 2.75) is 329 Å². The average molecular weight is 1550 g/mol. The molecule has 0 spiro atoms. The second kappa shape index (κ2) is 79.5. The fourth-order valence-electron chi connectivity index (χ4n) is 10.4. The molecule has 19 heteroatoms. The fourth-order valence-corrected chi connectivity index (χ4v) is 12.0. The molecular weight excluding hydrogens is 1400 g/mol. The number of hydrogen-bond donors (Lipinski definition) is 3. The van der Waals surface area contributed by atoms with Crippen LogP contribution in [-0.2, 0) is 65.4 Å². The van der Waals surface area contributed by atoms with Gasteiger partial charge in [-0.05, 0) is 148 Å². The molecule has 0 aliphatic rings. The molecule has 0 aromatic carbocycles. The number of phosphoric acid groups is 2. The summed E-state index contributed by atoms with van der Waals surface area (Å²) >= 11 is 0. The highest BCUT2D eigenvalue weighted by Crippen LogP contribution is 2.45. The molecule has 0 fully saturated rings. The molecule has 2 unspecified atom stereocenters. The van der Waals surface area contributed by atoms with E-state index in [1.807, 2.05) is 30.4 Å². The van der Waals surface area contributed by atoms with E-state index in [-0.39, 0.29) is 25.7 Å². The van der Waals surface area contributed by atoms with Gasteiger partial charge >= 0.3 is 39.5 Å². The summed E-state index contributed by atoms with van der Waals surface area (Å²) in [5.74, 6) is -2.38. The minimum Gasteiger partial charge on any atom is -0.462 e. The zero-order valence-electron chi connectivity index (χ0n) is 67.2. The predicted octanol–water partition coefficient (Wildman–Crippen LogP) is 24.6. The summed E-state index contributed by atoms with van der Waals surface area (Å²) < 4.78 is 68.5. The van der Waals surface area contributed by atoms with Crippen molar-refractivity contribution in [3.8, 4) is 0 Å². The first-order valence-corrected chi connectivity index (χ1v) is 44.4. The lowest BCUT2D eigenvalue weighted by molar-refractivity contribution is -0.161. The van der Waals surface area contributed by atoms with Gasteiger partial charge in [0.25, 0.3) is 0 Å². The standard InChI is InChI=1S/C89H146O17P2/c1-5-9-13-17-21-25-29-33-36-39-41-44-47-51-54-58-62-66-70-74-87(92)99-79-84(105-88(93)75-71-67-63-59-55-49-32-28-24-20-16-12-8-4)81-103-107(95,96)101-77-83(90)78-102-108(97,98)104-82-85(80-100-86(91)73-69-65-61-57-53-50-46-43-38-35-31-27-23-19-15-11-7-3)106-89(94)76-72-68-64-60-56-52-48-45-42-40-37-34-30-26-22-18-14-10-6-2/h9,13,21-23,25-27,33-38,41-42,44-46,50-52,54,56-57,61,64,68,83-85,90H,5-8,10-12,14-20,24,28-32,39-40,43,47-49,53,55,58-60,62-63,65-67,69-82H2,1-4H3,(H,95,96)(H,97,98)/b13-9-,25-21-,26-22-,27-23-,36-33-,37-34-,38-35-,44-41-,45-42-,50-46-,54-51-,56-52-,61-57-,68-64-/t83-,84-,85-/m1/s1. The highest BCUT2D eigenvalue weighted by atomic mass is 31.2. The fraction of sp³-hybridized carbons (Fsp3) is 0.640. The van der Waals surface area contributed by atoms with E-state index in [0.717, 1.165) is 128 Å². The first-order chi connectivity index (χ1) is 52.7. The van der Waals surface area contributed by atoms with E-state index in [4.69, 9.17) is 37.0 Å². The van der Waals surface area contributed by atoms with Gasteiger partial charge in [-0.3, -0.25) is 37.3 Å². The van der Waals surface area contributed by atoms with Gasteiger partial charge in [0.15, 0.2) is 12.2 Å². The number of aliphatic hydroxyl groups excluding tert-OH is 1. The van der Waals surface area contributed by atoms with E-state index in [1.165, 1.54) is 89.9 Å². The first kappa shape index (κ1) is 102. The Bertz CT molecular complexity index is 2710. The number of phosphoric ester groups is 2. The molecule has 0 saturated carbocycles. The van der Waals surface area contributed by atoms with Crippen molar-refractivity contribution in [3.05, 3.63) is 170 Å². The third kappa shape index (κ3) is 78.5. The molecule has 0 radical (unpaired) electrons. The van der Waals surface area contributed by atoms with Gasteiger partial charge in [-0.1, -0.05) is 307 Å². The maximum Gasteiger partial charge on any atom is 0.472 e. The maximum absolute atomic E-state index is 13.1. The molecule has 614 valence electrons. The van der Waals surface area contributed by atoms with Gasteiger partial charge in [-0.25, -0.2) is 9.13 Å². The van der Waals surface area contributed by atoms with Gasteiger partial charge < -0.3 is 33.8 Å². The van der Waals surface area contributed by atoms with Gasteiger partial charge in [0, 0.05) is 25.7 Å². The van der Waals surface area contributed by atoms with E-state index in [0.29, 0.717) is 38.5 Å². The number of carbonyl (C=O) groups excluding carboxylic acids is 4. The Morgan fingerprint density at radius 1 is 0.269 bits per heavy atom. The molecule has 0 aromatic heterocycles. The van der Waals surface area contributed by atoms with Crippen LogP contribution in [0.25, 0.3) is 0 Å². The highest BCUT2D eigenvalue weighted by Gasteiger charge is 2.30. The summed E-state index contributed by atoms with van der Waals surface area (Å²) in [5, 5.41) is 10.7. The zero-order chi connectivity index (χ0) is 78.9. The third-order valence-corrected chi connectivity index (χ3v) is 18.6. The van der Waals surface area contributed by atoms with Crippen LogP contribution in [0.3, 0.4) is 0 Å². The number of hydrogen-bond acceptors (Lipinski definition) is 15. The lowest BCUT2D eigenvalue weighted by Gasteiger charge is -2.21. The molecule has 0 rings (SSSR count). The van der Waals surface area contributed by atoms with Gasteiger partial charge in [-0.2, -0.15) is 0 Å². The van der Waals surface area contributed by atoms with Crippen molar-refractivity contribution in [2.75, 3.05) is 39.6 Å². The molecular formula is C89H146O17P2. The molecule has 3 N–H and O–H groups in total. The summed E-state index contributed by atoms with van der Waals surface area (Å²) in [6.45, 7) is 4.52. The Morgan fingerprint density at radius 3 is 0.852 bits per heavy atom. The van der Waals surface area contributed by atoms with Crippen LogP contribution >= 0.6 is 15.6 Å². The average Bonchev–Trinajstić information content (AvgIpc) is 0.913. The molecule has 0 aromatic rings. The van der Waals surface area contributed by atoms with Crippen molar-refractivity contribution in [2.24, 2.45) is 0 Å². The SMILES string of the molecule is CC/C=C\C/C=C\C/C=C\C/C=C\C/C=C\CCCCCC(=O)OC[C@H](COP(=O)(O)OC[C@@H](O)COP(=O)(O)OC[C@@H](COC(=O)CCC/C=C\C/C=C\C/C=C\C/C=C\CCCCC)OC(=O)CC/C=C\C/C=C\C/C=C\C/C=C\C/C=C\CCCCC)OC(=O)CCCCCCCCCCCCCCC. The van der Waals surface area contributed by atoms with E-state index in [9.17, 15) is 43.2 Å². The summed E-state index contributed by atoms with van der Waals surface area (Å²) in [5.41, 5.74) is 0. The molecule has 0 amide bonds. The van der Waals surface area contributed by atoms with Crippen molar-refractivity contribution < 1.29 is 80.2 Å². The topological polar surface area (TPSA) is 237 Å². The van der Waals surface area contributed by atoms with Crippen LogP contribution in [0.5, 0.6) is 0 Å². The number of aliphatic hydroxyl groups is 1. The van der Waals surface area contributed by atoms with Crippen LogP contribution in [0.15, 0.2) is 170 Å². The van der Waals surface area contributed by atoms with Crippen LogP contribution in [0.4, 0.5) is 0 Å². The first-order valence-electron chi connectivity index (χ1n) is 41.4. The number of allylic oxidation sites excluding steroid dienone is 28. The highest BCUT2D eigenvalue weighted by molar-refractivity contribution is 7.47. The van der Waals surface area contributed by atoms with E-state index >= 15 is 0 Å². The van der Waals surface area contributed by atoms with Crippen LogP contribution in [0, 0.1) is 0 Å². The van der Waals surface area contributed by atoms with E-state index < -0.39 is 97.5 Å². The van der Waals surface area contributed by atoms with Crippen molar-refractivity contribution in [1.29, 1.82) is 0 Å². The Balaban J connectivity index is 5.52. The van der Waals surface area contributed by atoms with Crippen molar-refractivity contribution >= 4 is 39.5 Å². The Kier molecular flexibility index (Phi) is 75.4. The summed E-state index contributed by atoms with van der Waals surface area (Å²) in [6, 6.07) is 0. The summed E-state index contributed by atoms with van der Waals surface area (Å²) in [6.07, 6.45) is 94.9. The number of esters is 4.